The maximum Gasteiger partial charge on any atom is 0.314 e. The van der Waals surface area contributed by atoms with Gasteiger partial charge in [-0.2, -0.15) is 0 Å². The summed E-state index contributed by atoms with van der Waals surface area (Å²) in [5.41, 5.74) is 3.45. The molecule has 3 amide bonds. The normalized spacial score (nSPS) is 17.1. The summed E-state index contributed by atoms with van der Waals surface area (Å²) >= 11 is 0. The van der Waals surface area contributed by atoms with Crippen molar-refractivity contribution >= 4 is 17.6 Å². The second-order valence-electron chi connectivity index (χ2n) is 10.2. The van der Waals surface area contributed by atoms with E-state index in [-0.39, 0.29) is 11.9 Å². The lowest BCUT2D eigenvalue weighted by molar-refractivity contribution is 0.0925. The highest BCUT2D eigenvalue weighted by Crippen LogP contribution is 2.31. The molecule has 0 bridgehead atoms. The Morgan fingerprint density at radius 1 is 0.975 bits per heavy atom. The van der Waals surface area contributed by atoms with Crippen molar-refractivity contribution in [3.05, 3.63) is 89.7 Å². The summed E-state index contributed by atoms with van der Waals surface area (Å²) in [4.78, 5) is 34.1. The van der Waals surface area contributed by atoms with E-state index in [0.29, 0.717) is 38.2 Å². The van der Waals surface area contributed by atoms with Crippen LogP contribution in [0.25, 0.3) is 0 Å². The van der Waals surface area contributed by atoms with Gasteiger partial charge in [-0.05, 0) is 74.3 Å². The van der Waals surface area contributed by atoms with Gasteiger partial charge in [0.15, 0.2) is 0 Å². The van der Waals surface area contributed by atoms with E-state index in [1.165, 1.54) is 37.9 Å². The first kappa shape index (κ1) is 27.5. The van der Waals surface area contributed by atoms with Gasteiger partial charge in [-0.25, -0.2) is 4.79 Å². The number of aromatic nitrogens is 1. The van der Waals surface area contributed by atoms with Gasteiger partial charge in [-0.15, -0.1) is 0 Å². The summed E-state index contributed by atoms with van der Waals surface area (Å²) in [5, 5.41) is 8.87. The molecular formula is C31H38N6O3. The first-order chi connectivity index (χ1) is 19.7. The highest BCUT2D eigenvalue weighted by Gasteiger charge is 2.32. The molecule has 0 saturated carbocycles. The fraction of sp³-hybridized carbons (Fsp3) is 0.387. The van der Waals surface area contributed by atoms with Gasteiger partial charge < -0.3 is 25.6 Å². The Morgan fingerprint density at radius 3 is 2.65 bits per heavy atom. The number of benzene rings is 2. The van der Waals surface area contributed by atoms with Crippen LogP contribution in [0, 0.1) is 0 Å². The topological polar surface area (TPSA) is 98.8 Å². The van der Waals surface area contributed by atoms with Crippen LogP contribution in [0.3, 0.4) is 0 Å². The molecule has 1 unspecified atom stereocenters. The Labute approximate surface area is 235 Å². The van der Waals surface area contributed by atoms with Crippen LogP contribution in [-0.2, 0) is 6.54 Å². The van der Waals surface area contributed by atoms with Gasteiger partial charge in [0.05, 0.1) is 23.6 Å². The van der Waals surface area contributed by atoms with Crippen LogP contribution >= 0.6 is 0 Å². The molecule has 2 aliphatic heterocycles. The summed E-state index contributed by atoms with van der Waals surface area (Å²) in [6.07, 6.45) is 5.91. The lowest BCUT2D eigenvalue weighted by Gasteiger charge is -2.38. The zero-order valence-corrected chi connectivity index (χ0v) is 22.9. The highest BCUT2D eigenvalue weighted by molar-refractivity contribution is 6.02. The molecule has 0 spiro atoms. The Balaban J connectivity index is 1.04. The molecule has 5 rings (SSSR count). The van der Waals surface area contributed by atoms with Crippen molar-refractivity contribution in [1.82, 2.24) is 25.8 Å². The van der Waals surface area contributed by atoms with E-state index in [9.17, 15) is 9.59 Å². The van der Waals surface area contributed by atoms with Gasteiger partial charge in [0, 0.05) is 32.4 Å². The molecule has 2 aromatic carbocycles. The number of carbonyl (C=O) groups is 2. The molecule has 40 heavy (non-hydrogen) atoms. The minimum absolute atomic E-state index is 0.135. The minimum Gasteiger partial charge on any atom is -0.494 e. The van der Waals surface area contributed by atoms with Crippen molar-refractivity contribution in [2.45, 2.75) is 38.4 Å². The zero-order chi connectivity index (χ0) is 27.6. The fourth-order valence-corrected chi connectivity index (χ4v) is 5.28. The monoisotopic (exact) mass is 542 g/mol. The van der Waals surface area contributed by atoms with Gasteiger partial charge in [-0.1, -0.05) is 36.8 Å². The van der Waals surface area contributed by atoms with Crippen molar-refractivity contribution in [3.63, 3.8) is 0 Å². The van der Waals surface area contributed by atoms with Crippen molar-refractivity contribution in [1.29, 1.82) is 0 Å². The van der Waals surface area contributed by atoms with Crippen molar-refractivity contribution in [2.24, 2.45) is 0 Å². The van der Waals surface area contributed by atoms with Crippen LogP contribution in [-0.4, -0.2) is 61.2 Å². The average molecular weight is 543 g/mol. The number of nitrogens with zero attached hydrogens (tertiary/aromatic N) is 3. The quantitative estimate of drug-likeness (QED) is 0.316. The van der Waals surface area contributed by atoms with E-state index in [4.69, 9.17) is 4.74 Å². The molecule has 0 aliphatic carbocycles. The van der Waals surface area contributed by atoms with Crippen LogP contribution in [0.4, 0.5) is 10.5 Å². The molecular weight excluding hydrogens is 504 g/mol. The molecule has 1 aromatic heterocycles. The second kappa shape index (κ2) is 13.8. The van der Waals surface area contributed by atoms with E-state index < -0.39 is 6.17 Å². The fourth-order valence-electron chi connectivity index (χ4n) is 5.28. The van der Waals surface area contributed by atoms with Crippen molar-refractivity contribution < 1.29 is 14.3 Å². The summed E-state index contributed by atoms with van der Waals surface area (Å²) in [5.74, 6) is 0.736. The third kappa shape index (κ3) is 7.30. The number of rotatable bonds is 11. The number of amides is 3. The molecule has 1 fully saturated rings. The number of fused-ring (bicyclic) bond motifs is 1. The largest absolute Gasteiger partial charge is 0.494 e. The van der Waals surface area contributed by atoms with Crippen molar-refractivity contribution in [2.75, 3.05) is 44.2 Å². The Morgan fingerprint density at radius 2 is 1.80 bits per heavy atom. The molecule has 9 nitrogen and oxygen atoms in total. The standard InChI is InChI=1S/C31H38N6O3/c38-30-26-12-2-3-14-28(26)37(29(35-30)27-13-4-5-15-32-27)20-17-34-31(39)33-16-9-21-40-25-11-8-10-24(22-25)23-36-18-6-1-7-19-36/h2-5,8,10-15,22,29H,1,6-7,9,16-21,23H2,(H,35,38)(H2,33,34,39). The number of ether oxygens (including phenoxy) is 1. The summed E-state index contributed by atoms with van der Waals surface area (Å²) < 4.78 is 5.94. The number of hydrogen-bond acceptors (Lipinski definition) is 6. The van der Waals surface area contributed by atoms with Gasteiger partial charge in [0.2, 0.25) is 0 Å². The molecule has 3 heterocycles. The van der Waals surface area contributed by atoms with E-state index in [1.807, 2.05) is 48.5 Å². The zero-order valence-electron chi connectivity index (χ0n) is 22.9. The van der Waals surface area contributed by atoms with Crippen LogP contribution in [0.15, 0.2) is 72.9 Å². The molecule has 3 N–H and O–H groups in total. The Bertz CT molecular complexity index is 1260. The predicted molar refractivity (Wildman–Crippen MR) is 155 cm³/mol. The average Bonchev–Trinajstić information content (AvgIpc) is 2.99. The molecule has 2 aliphatic rings. The number of nitrogens with one attached hydrogen (secondary N) is 3. The molecule has 1 saturated heterocycles. The van der Waals surface area contributed by atoms with Crippen LogP contribution in [0.5, 0.6) is 5.75 Å². The van der Waals surface area contributed by atoms with Crippen LogP contribution in [0.2, 0.25) is 0 Å². The molecule has 9 heteroatoms. The maximum absolute atomic E-state index is 12.7. The number of likely N-dealkylation sites (tertiary alicyclic amines) is 1. The Hall–Kier alpha value is -4.11. The highest BCUT2D eigenvalue weighted by atomic mass is 16.5. The third-order valence-corrected chi connectivity index (χ3v) is 7.27. The number of hydrogen-bond donors (Lipinski definition) is 3. The SMILES string of the molecule is O=C(NCCCOc1cccc(CN2CCCCC2)c1)NCCN1c2ccccc2C(=O)NC1c1ccccn1. The first-order valence-corrected chi connectivity index (χ1v) is 14.2. The summed E-state index contributed by atoms with van der Waals surface area (Å²) in [6, 6.07) is 21.2. The number of carbonyl (C=O) groups excluding carboxylic acids is 2. The van der Waals surface area contributed by atoms with E-state index in [0.717, 1.165) is 23.7 Å². The number of anilines is 1. The predicted octanol–water partition coefficient (Wildman–Crippen LogP) is 4.08. The van der Waals surface area contributed by atoms with E-state index in [1.54, 1.807) is 12.3 Å². The number of urea groups is 1. The smallest absolute Gasteiger partial charge is 0.314 e. The first-order valence-electron chi connectivity index (χ1n) is 14.2. The maximum atomic E-state index is 12.7. The molecule has 1 atom stereocenters. The summed E-state index contributed by atoms with van der Waals surface area (Å²) in [7, 11) is 0. The lowest BCUT2D eigenvalue weighted by Crippen LogP contribution is -2.50. The van der Waals surface area contributed by atoms with Gasteiger partial charge in [0.1, 0.15) is 11.9 Å². The van der Waals surface area contributed by atoms with Gasteiger partial charge in [0.25, 0.3) is 5.91 Å². The van der Waals surface area contributed by atoms with Gasteiger partial charge in [-0.3, -0.25) is 14.7 Å². The van der Waals surface area contributed by atoms with E-state index in [2.05, 4.69) is 42.9 Å². The number of piperidine rings is 1. The molecule has 0 radical (unpaired) electrons. The number of pyridine rings is 1. The Kier molecular flexibility index (Phi) is 9.47. The van der Waals surface area contributed by atoms with Crippen LogP contribution < -0.4 is 25.6 Å². The molecule has 210 valence electrons. The summed E-state index contributed by atoms with van der Waals surface area (Å²) in [6.45, 7) is 5.26. The number of para-hydroxylation sites is 1. The second-order valence-corrected chi connectivity index (χ2v) is 10.2. The molecule has 3 aromatic rings. The van der Waals surface area contributed by atoms with Gasteiger partial charge >= 0.3 is 6.03 Å². The lowest BCUT2D eigenvalue weighted by atomic mass is 10.1. The van der Waals surface area contributed by atoms with E-state index >= 15 is 0 Å². The van der Waals surface area contributed by atoms with Crippen molar-refractivity contribution in [3.8, 4) is 5.75 Å². The third-order valence-electron chi connectivity index (χ3n) is 7.27. The minimum atomic E-state index is -0.413. The van der Waals surface area contributed by atoms with Crippen LogP contribution in [0.1, 0.15) is 53.5 Å².